The summed E-state index contributed by atoms with van der Waals surface area (Å²) in [5.41, 5.74) is 3.33. The number of aliphatic carboxylic acids is 1. The Morgan fingerprint density at radius 3 is 2.79 bits per heavy atom. The molecule has 0 atom stereocenters. The molecule has 0 saturated carbocycles. The Morgan fingerprint density at radius 2 is 2.11 bits per heavy atom. The van der Waals surface area contributed by atoms with Crippen LogP contribution in [0.5, 0.6) is 5.75 Å². The Balaban J connectivity index is 2.23. The van der Waals surface area contributed by atoms with E-state index in [1.54, 1.807) is 7.11 Å². The van der Waals surface area contributed by atoms with E-state index in [0.717, 1.165) is 29.7 Å². The van der Waals surface area contributed by atoms with Gasteiger partial charge in [0.2, 0.25) is 0 Å². The monoisotopic (exact) mass is 262 g/mol. The third-order valence-electron chi connectivity index (χ3n) is 3.57. The van der Waals surface area contributed by atoms with Gasteiger partial charge in [0.1, 0.15) is 11.5 Å². The standard InChI is InChI=1S/C15H18O4/c1-19-14-8-5-10(3-2-4-15(17)18)12-7-6-11(16)9-13(12)14/h5,8H,2-4,6-7,9H2,1H3,(H,17,18). The molecular weight excluding hydrogens is 244 g/mol. The van der Waals surface area contributed by atoms with Crippen molar-refractivity contribution in [3.05, 3.63) is 28.8 Å². The van der Waals surface area contributed by atoms with E-state index >= 15 is 0 Å². The minimum absolute atomic E-state index is 0.180. The van der Waals surface area contributed by atoms with Gasteiger partial charge in [-0.05, 0) is 36.5 Å². The van der Waals surface area contributed by atoms with Crippen molar-refractivity contribution in [2.24, 2.45) is 0 Å². The molecular formula is C15H18O4. The van der Waals surface area contributed by atoms with Crippen LogP contribution in [0.25, 0.3) is 0 Å². The topological polar surface area (TPSA) is 63.6 Å². The van der Waals surface area contributed by atoms with E-state index < -0.39 is 5.97 Å². The van der Waals surface area contributed by atoms with E-state index in [9.17, 15) is 9.59 Å². The van der Waals surface area contributed by atoms with E-state index in [-0.39, 0.29) is 12.2 Å². The molecule has 0 amide bonds. The molecule has 4 nitrogen and oxygen atoms in total. The van der Waals surface area contributed by atoms with Crippen LogP contribution in [0, 0.1) is 0 Å². The first-order valence-corrected chi connectivity index (χ1v) is 6.53. The van der Waals surface area contributed by atoms with Gasteiger partial charge in [-0.25, -0.2) is 0 Å². The highest BCUT2D eigenvalue weighted by atomic mass is 16.5. The van der Waals surface area contributed by atoms with Gasteiger partial charge in [0.25, 0.3) is 0 Å². The molecule has 0 aliphatic heterocycles. The number of hydrogen-bond donors (Lipinski definition) is 1. The fourth-order valence-electron chi connectivity index (χ4n) is 2.63. The van der Waals surface area contributed by atoms with Gasteiger partial charge >= 0.3 is 5.97 Å². The first kappa shape index (κ1) is 13.6. The van der Waals surface area contributed by atoms with Crippen molar-refractivity contribution in [2.75, 3.05) is 7.11 Å². The SMILES string of the molecule is COc1ccc(CCCC(=O)O)c2c1CC(=O)CC2. The van der Waals surface area contributed by atoms with E-state index in [4.69, 9.17) is 9.84 Å². The molecule has 1 aliphatic carbocycles. The van der Waals surface area contributed by atoms with E-state index in [2.05, 4.69) is 0 Å². The van der Waals surface area contributed by atoms with Crippen molar-refractivity contribution in [3.63, 3.8) is 0 Å². The van der Waals surface area contributed by atoms with Crippen molar-refractivity contribution < 1.29 is 19.4 Å². The second-order valence-electron chi connectivity index (χ2n) is 4.85. The van der Waals surface area contributed by atoms with Gasteiger partial charge in [0.05, 0.1) is 7.11 Å². The number of carbonyl (C=O) groups excluding carboxylic acids is 1. The highest BCUT2D eigenvalue weighted by Gasteiger charge is 2.21. The molecule has 0 aromatic heterocycles. The predicted molar refractivity (Wildman–Crippen MR) is 70.6 cm³/mol. The average Bonchev–Trinajstić information content (AvgIpc) is 2.38. The molecule has 19 heavy (non-hydrogen) atoms. The van der Waals surface area contributed by atoms with Crippen LogP contribution in [-0.2, 0) is 28.9 Å². The lowest BCUT2D eigenvalue weighted by molar-refractivity contribution is -0.137. The Labute approximate surface area is 112 Å². The van der Waals surface area contributed by atoms with Gasteiger partial charge in [-0.15, -0.1) is 0 Å². The molecule has 4 heteroatoms. The normalized spacial score (nSPS) is 14.1. The van der Waals surface area contributed by atoms with Crippen LogP contribution < -0.4 is 4.74 Å². The van der Waals surface area contributed by atoms with Crippen LogP contribution in [0.2, 0.25) is 0 Å². The third kappa shape index (κ3) is 3.13. The summed E-state index contributed by atoms with van der Waals surface area (Å²) in [6.07, 6.45) is 3.31. The fourth-order valence-corrected chi connectivity index (χ4v) is 2.63. The maximum Gasteiger partial charge on any atom is 0.303 e. The largest absolute Gasteiger partial charge is 0.496 e. The highest BCUT2D eigenvalue weighted by molar-refractivity contribution is 5.84. The van der Waals surface area contributed by atoms with Crippen LogP contribution in [0.1, 0.15) is 36.0 Å². The van der Waals surface area contributed by atoms with E-state index in [0.29, 0.717) is 19.3 Å². The van der Waals surface area contributed by atoms with Gasteiger partial charge in [-0.2, -0.15) is 0 Å². The van der Waals surface area contributed by atoms with Crippen LogP contribution in [0.3, 0.4) is 0 Å². The van der Waals surface area contributed by atoms with Crippen LogP contribution in [-0.4, -0.2) is 24.0 Å². The molecule has 2 rings (SSSR count). The van der Waals surface area contributed by atoms with Crippen molar-refractivity contribution in [1.82, 2.24) is 0 Å². The molecule has 0 fully saturated rings. The van der Waals surface area contributed by atoms with Crippen molar-refractivity contribution in [3.8, 4) is 5.75 Å². The minimum atomic E-state index is -0.766. The summed E-state index contributed by atoms with van der Waals surface area (Å²) in [6, 6.07) is 3.88. The number of rotatable bonds is 5. The van der Waals surface area contributed by atoms with Crippen LogP contribution in [0.15, 0.2) is 12.1 Å². The summed E-state index contributed by atoms with van der Waals surface area (Å²) >= 11 is 0. The summed E-state index contributed by atoms with van der Waals surface area (Å²) in [4.78, 5) is 22.1. The van der Waals surface area contributed by atoms with Gasteiger partial charge in [0, 0.05) is 24.8 Å². The zero-order valence-electron chi connectivity index (χ0n) is 11.1. The number of carboxylic acids is 1. The summed E-state index contributed by atoms with van der Waals surface area (Å²) in [5, 5.41) is 8.68. The number of carbonyl (C=O) groups is 2. The molecule has 1 aliphatic rings. The number of aryl methyl sites for hydroxylation is 1. The number of ketones is 1. The third-order valence-corrected chi connectivity index (χ3v) is 3.57. The smallest absolute Gasteiger partial charge is 0.303 e. The summed E-state index contributed by atoms with van der Waals surface area (Å²) in [6.45, 7) is 0. The Bertz CT molecular complexity index is 505. The number of fused-ring (bicyclic) bond motifs is 1. The maximum atomic E-state index is 11.6. The van der Waals surface area contributed by atoms with Gasteiger partial charge < -0.3 is 9.84 Å². The summed E-state index contributed by atoms with van der Waals surface area (Å²) < 4.78 is 5.31. The summed E-state index contributed by atoms with van der Waals surface area (Å²) in [7, 11) is 1.61. The molecule has 102 valence electrons. The first-order chi connectivity index (χ1) is 9.11. The van der Waals surface area contributed by atoms with Crippen LogP contribution in [0.4, 0.5) is 0 Å². The lowest BCUT2D eigenvalue weighted by atomic mass is 9.85. The van der Waals surface area contributed by atoms with Gasteiger partial charge in [-0.1, -0.05) is 6.07 Å². The lowest BCUT2D eigenvalue weighted by Crippen LogP contribution is -2.16. The molecule has 1 aromatic carbocycles. The molecule has 0 heterocycles. The maximum absolute atomic E-state index is 11.6. The minimum Gasteiger partial charge on any atom is -0.496 e. The number of carboxylic acid groups (broad SMARTS) is 1. The fraction of sp³-hybridized carbons (Fsp3) is 0.467. The number of benzene rings is 1. The molecule has 0 unspecified atom stereocenters. The van der Waals surface area contributed by atoms with E-state index in [1.807, 2.05) is 12.1 Å². The highest BCUT2D eigenvalue weighted by Crippen LogP contribution is 2.31. The molecule has 1 aromatic rings. The van der Waals surface area contributed by atoms with Crippen molar-refractivity contribution >= 4 is 11.8 Å². The number of Topliss-reactive ketones (excluding diaryl/α,β-unsaturated/α-hetero) is 1. The Hall–Kier alpha value is -1.84. The average molecular weight is 262 g/mol. The zero-order chi connectivity index (χ0) is 13.8. The number of methoxy groups -OCH3 is 1. The molecule has 0 saturated heterocycles. The number of hydrogen-bond acceptors (Lipinski definition) is 3. The zero-order valence-corrected chi connectivity index (χ0v) is 11.1. The van der Waals surface area contributed by atoms with E-state index in [1.165, 1.54) is 5.56 Å². The predicted octanol–water partition coefficient (Wildman–Crippen LogP) is 2.16. The van der Waals surface area contributed by atoms with Crippen LogP contribution >= 0.6 is 0 Å². The van der Waals surface area contributed by atoms with Gasteiger partial charge in [-0.3, -0.25) is 9.59 Å². The van der Waals surface area contributed by atoms with Crippen molar-refractivity contribution in [2.45, 2.75) is 38.5 Å². The molecule has 0 bridgehead atoms. The summed E-state index contributed by atoms with van der Waals surface area (Å²) in [5.74, 6) is 0.246. The second kappa shape index (κ2) is 5.87. The lowest BCUT2D eigenvalue weighted by Gasteiger charge is -2.21. The first-order valence-electron chi connectivity index (χ1n) is 6.53. The van der Waals surface area contributed by atoms with Crippen molar-refractivity contribution in [1.29, 1.82) is 0 Å². The Kier molecular flexibility index (Phi) is 4.20. The molecule has 1 N–H and O–H groups in total. The van der Waals surface area contributed by atoms with Gasteiger partial charge in [0.15, 0.2) is 0 Å². The molecule has 0 spiro atoms. The quantitative estimate of drug-likeness (QED) is 0.883. The molecule has 0 radical (unpaired) electrons. The Morgan fingerprint density at radius 1 is 1.32 bits per heavy atom. The number of ether oxygens (including phenoxy) is 1. The second-order valence-corrected chi connectivity index (χ2v) is 4.85.